The number of amides is 2. The molecule has 2 amide bonds. The summed E-state index contributed by atoms with van der Waals surface area (Å²) < 4.78 is 145. The molecule has 10 aromatic rings. The van der Waals surface area contributed by atoms with Crippen LogP contribution < -0.4 is 26.0 Å². The van der Waals surface area contributed by atoms with E-state index in [0.29, 0.717) is 126 Å². The van der Waals surface area contributed by atoms with Crippen LogP contribution in [0.3, 0.4) is 0 Å². The van der Waals surface area contributed by atoms with Crippen molar-refractivity contribution in [1.29, 1.82) is 0 Å². The van der Waals surface area contributed by atoms with Crippen LogP contribution in [0, 0.1) is 78.3 Å². The van der Waals surface area contributed by atoms with Crippen LogP contribution in [0.1, 0.15) is 60.8 Å². The third kappa shape index (κ3) is 29.3. The topological polar surface area (TPSA) is 497 Å². The van der Waals surface area contributed by atoms with Crippen LogP contribution in [-0.2, 0) is 59.7 Å². The quantitative estimate of drug-likeness (QED) is 0.0289. The van der Waals surface area contributed by atoms with Crippen molar-refractivity contribution in [1.82, 2.24) is 47.7 Å². The monoisotopic (exact) mass is 2260 g/mol. The Morgan fingerprint density at radius 1 is 0.312 bits per heavy atom. The highest BCUT2D eigenvalue weighted by atomic mass is 35.5. The first-order valence-electron chi connectivity index (χ1n) is 44.2. The van der Waals surface area contributed by atoms with Gasteiger partial charge in [-0.15, -0.1) is 0 Å². The Bertz CT molecular complexity index is 6830. The Morgan fingerprint density at radius 2 is 0.632 bits per heavy atom. The molecular formula is C91H95Cl6N15O23S9. The summed E-state index contributed by atoms with van der Waals surface area (Å²) >= 11 is 41.4. The zero-order chi connectivity index (χ0) is 104. The number of nitrogens with one attached hydrogen (secondary N) is 4. The van der Waals surface area contributed by atoms with E-state index in [1.54, 1.807) is 36.4 Å². The van der Waals surface area contributed by atoms with Crippen molar-refractivity contribution in [3.63, 3.8) is 0 Å². The number of ether oxygens (including phenoxy) is 1. The van der Waals surface area contributed by atoms with E-state index in [9.17, 15) is 102 Å². The van der Waals surface area contributed by atoms with Crippen LogP contribution >= 0.6 is 117 Å². The number of benzene rings is 10. The molecule has 768 valence electrons. The molecular weight excluding hydrogens is 2170 g/mol. The van der Waals surface area contributed by atoms with E-state index in [4.69, 9.17) is 74.3 Å². The number of halogens is 6. The van der Waals surface area contributed by atoms with Crippen LogP contribution in [0.2, 0.25) is 30.1 Å². The van der Waals surface area contributed by atoms with Crippen molar-refractivity contribution in [3.8, 4) is 11.5 Å². The standard InChI is InChI=1S/C21H23Cl2N3O4S2.C19H23N3O4S2.C18H19N3O5S2.C17H17Cl2N3O4S2.C16H13Cl2N3O6S/c22-15-3-5-18(23)20(13-15)31-19-6-4-17(26(27)28)14-21(19)32(29,30)25-11-7-16(8-12-25)24-9-1-2-10-24;1-14-4-5-15(2)18(12-14)27-17-7-6-16(22(23)24)13-19(17)28(25,26)21-10-3-8-20-9-11-21;1-12-3-4-13(2)16(9-12)27-15-6-5-14(21(23)24)10-17(15)28(25,26)20-8-7-19-18(22)11-20;18-12-2-4-14(19)16(10-12)27-15-5-3-13(22(23)24)11-17(15)28(25,26)21-8-1-6-20-7-9-21;17-10-1-3-12(18)14(7-10)27-13-4-2-11(21(23)24)8-15(13)28(25,26)20-6-5-19-16(22)9-20/h3-6,13-14,16H,1-2,7-12H2;4-7,12-13,20H,3,8-11H2,1-2H3;3-6,9-10H,7-8,11H2,1-2H3,(H,19,22);2-5,10-11,20H,1,6-9H2;1-4,7-8H,5-6,9H2,(H,19,22). The maximum Gasteiger partial charge on any atom is 0.271 e. The molecule has 38 nitrogen and oxygen atoms in total. The Hall–Kier alpha value is -9.49. The number of piperidine rings is 1. The summed E-state index contributed by atoms with van der Waals surface area (Å²) in [5, 5.41) is 69.8. The molecule has 144 heavy (non-hydrogen) atoms. The summed E-state index contributed by atoms with van der Waals surface area (Å²) in [5.74, 6) is -0.971. The second-order valence-corrected chi connectivity index (χ2v) is 49.4. The SMILES string of the molecule is Cc1ccc(C)c(Sc2ccc([N+](=O)[O-])cc2S(=O)(=O)N2CCCNCC2)c1.Cc1ccc(C)c(Sc2ccc([N+](=O)[O-])cc2S(=O)(=O)N2CCNC(=O)C2)c1.O=C1CN(S(=O)(=O)c2cc([N+](=O)[O-])ccc2Oc2cc(Cl)ccc2Cl)CCN1.O=[N+]([O-])c1ccc(Sc2cc(Cl)ccc2Cl)c(S(=O)(=O)N2CCC(N3CCCC3)CC2)c1.O=[N+]([O-])c1ccc(Sc2cc(Cl)ccc2Cl)c(S(=O)(=O)N2CCCNCC2)c1. The Balaban J connectivity index is 0.000000161. The minimum absolute atomic E-state index is 0.00509. The van der Waals surface area contributed by atoms with Crippen LogP contribution in [0.5, 0.6) is 11.5 Å². The fourth-order valence-corrected chi connectivity index (χ4v) is 29.9. The normalized spacial score (nSPS) is 16.3. The Kier molecular flexibility index (Phi) is 39.7. The molecule has 0 bridgehead atoms. The molecule has 6 aliphatic rings. The van der Waals surface area contributed by atoms with Gasteiger partial charge in [0.2, 0.25) is 61.9 Å². The van der Waals surface area contributed by atoms with Gasteiger partial charge < -0.3 is 30.9 Å². The van der Waals surface area contributed by atoms with Crippen molar-refractivity contribution >= 4 is 207 Å². The van der Waals surface area contributed by atoms with E-state index >= 15 is 0 Å². The van der Waals surface area contributed by atoms with Crippen LogP contribution in [0.25, 0.3) is 0 Å². The second kappa shape index (κ2) is 50.5. The number of carbonyl (C=O) groups excluding carboxylic acids is 2. The molecule has 0 saturated carbocycles. The number of rotatable bonds is 26. The molecule has 0 aromatic heterocycles. The molecule has 16 rings (SSSR count). The molecule has 0 unspecified atom stereocenters. The van der Waals surface area contributed by atoms with Gasteiger partial charge in [0.05, 0.1) is 52.8 Å². The zero-order valence-corrected chi connectivity index (χ0v) is 89.0. The van der Waals surface area contributed by atoms with E-state index in [0.717, 1.165) is 140 Å². The van der Waals surface area contributed by atoms with Gasteiger partial charge in [0.25, 0.3) is 28.4 Å². The van der Waals surface area contributed by atoms with Crippen LogP contribution in [0.15, 0.2) is 246 Å². The van der Waals surface area contributed by atoms with E-state index in [1.165, 1.54) is 122 Å². The summed E-state index contributed by atoms with van der Waals surface area (Å²) in [5.41, 5.74) is 2.55. The molecule has 0 atom stereocenters. The fourth-order valence-electron chi connectivity index (χ4n) is 15.4. The largest absolute Gasteiger partial charge is 0.454 e. The van der Waals surface area contributed by atoms with Crippen LogP contribution in [0.4, 0.5) is 28.4 Å². The molecule has 6 saturated heterocycles. The highest BCUT2D eigenvalue weighted by Gasteiger charge is 2.40. The highest BCUT2D eigenvalue weighted by Crippen LogP contribution is 2.47. The van der Waals surface area contributed by atoms with Crippen LogP contribution in [-0.4, -0.2) is 229 Å². The minimum Gasteiger partial charge on any atom is -0.454 e. The number of carbonyl (C=O) groups is 2. The molecule has 53 heteroatoms. The predicted octanol–water partition coefficient (Wildman–Crippen LogP) is 18.0. The molecule has 10 aromatic carbocycles. The lowest BCUT2D eigenvalue weighted by atomic mass is 10.1. The number of piperazine rings is 2. The van der Waals surface area contributed by atoms with Gasteiger partial charge in [-0.05, 0) is 206 Å². The number of non-ortho nitro benzene ring substituents is 5. The van der Waals surface area contributed by atoms with Gasteiger partial charge in [0, 0.05) is 206 Å². The number of nitro groups is 5. The summed E-state index contributed by atoms with van der Waals surface area (Å²) in [6.45, 7) is 14.4. The summed E-state index contributed by atoms with van der Waals surface area (Å²) in [7, 11) is -20.0. The van der Waals surface area contributed by atoms with Gasteiger partial charge in [-0.3, -0.25) is 60.2 Å². The molecule has 0 aliphatic carbocycles. The van der Waals surface area contributed by atoms with Gasteiger partial charge in [-0.1, -0.05) is 141 Å². The number of nitrogens with zero attached hydrogens (tertiary/aromatic N) is 11. The molecule has 6 fully saturated rings. The highest BCUT2D eigenvalue weighted by molar-refractivity contribution is 8.01. The summed E-state index contributed by atoms with van der Waals surface area (Å²) in [4.78, 5) is 82.5. The van der Waals surface area contributed by atoms with Gasteiger partial charge in [-0.2, -0.15) is 21.5 Å². The van der Waals surface area contributed by atoms with Gasteiger partial charge in [0.1, 0.15) is 36.0 Å². The molecule has 6 aliphatic heterocycles. The van der Waals surface area contributed by atoms with E-state index in [1.807, 2.05) is 64.1 Å². The lowest BCUT2D eigenvalue weighted by molar-refractivity contribution is -0.385. The first kappa shape index (κ1) is 113. The molecule has 6 heterocycles. The number of nitro benzene ring substituents is 5. The average Bonchev–Trinajstić information content (AvgIpc) is 0.969. The lowest BCUT2D eigenvalue weighted by Gasteiger charge is -2.36. The van der Waals surface area contributed by atoms with Crippen molar-refractivity contribution < 1.29 is 81.0 Å². The van der Waals surface area contributed by atoms with Crippen molar-refractivity contribution in [3.05, 3.63) is 285 Å². The molecule has 0 spiro atoms. The van der Waals surface area contributed by atoms with Gasteiger partial charge in [-0.25, -0.2) is 42.1 Å². The maximum absolute atomic E-state index is 13.6. The van der Waals surface area contributed by atoms with Gasteiger partial charge in [0.15, 0.2) is 0 Å². The average molecular weight is 2270 g/mol. The first-order chi connectivity index (χ1) is 68.2. The maximum atomic E-state index is 13.6. The number of hydrogen-bond acceptors (Lipinski definition) is 30. The number of sulfonamides is 5. The predicted molar refractivity (Wildman–Crippen MR) is 552 cm³/mol. The molecule has 4 N–H and O–H groups in total. The first-order valence-corrected chi connectivity index (χ1v) is 56.9. The van der Waals surface area contributed by atoms with Crippen molar-refractivity contribution in [2.24, 2.45) is 0 Å². The minimum atomic E-state index is -4.26. The zero-order valence-electron chi connectivity index (χ0n) is 77.1. The Morgan fingerprint density at radius 3 is 1.00 bits per heavy atom. The van der Waals surface area contributed by atoms with Gasteiger partial charge >= 0.3 is 0 Å². The number of hydrogen-bond donors (Lipinski definition) is 4. The van der Waals surface area contributed by atoms with E-state index in [2.05, 4.69) is 26.2 Å². The third-order valence-electron chi connectivity index (χ3n) is 22.9. The number of likely N-dealkylation sites (tertiary alicyclic amines) is 1. The number of aryl methyl sites for hydroxylation is 4. The lowest BCUT2D eigenvalue weighted by Crippen LogP contribution is -2.49. The Labute approximate surface area is 878 Å². The molecule has 0 radical (unpaired) electrons. The smallest absolute Gasteiger partial charge is 0.271 e. The fraction of sp³-hybridized carbons (Fsp3) is 0.319. The second-order valence-electron chi connectivity index (χ2n) is 33.0. The van der Waals surface area contributed by atoms with E-state index in [-0.39, 0.29) is 91.6 Å². The third-order valence-corrected chi connectivity index (χ3v) is 39.7. The van der Waals surface area contributed by atoms with Crippen molar-refractivity contribution in [2.45, 2.75) is 136 Å². The summed E-state index contributed by atoms with van der Waals surface area (Å²) in [6.07, 6.45) is 5.27. The van der Waals surface area contributed by atoms with E-state index < -0.39 is 104 Å². The van der Waals surface area contributed by atoms with Crippen molar-refractivity contribution in [2.75, 3.05) is 118 Å². The summed E-state index contributed by atoms with van der Waals surface area (Å²) in [6, 6.07) is 45.1.